The Morgan fingerprint density at radius 1 is 1.26 bits per heavy atom. The monoisotopic (exact) mass is 264 g/mol. The Bertz CT molecular complexity index is 464. The Kier molecular flexibility index (Phi) is 3.38. The minimum Gasteiger partial charge on any atom is -0.486 e. The molecule has 1 atom stereocenters. The Morgan fingerprint density at radius 2 is 2.00 bits per heavy atom. The highest BCUT2D eigenvalue weighted by Gasteiger charge is 2.25. The molecule has 3 rings (SSSR count). The van der Waals surface area contributed by atoms with Crippen molar-refractivity contribution in [2.24, 2.45) is 5.92 Å². The first-order valence-corrected chi connectivity index (χ1v) is 6.83. The molecular weight excluding hydrogens is 244 g/mol. The molecule has 1 saturated heterocycles. The SMILES string of the molecule is Nc1cc2c(cc1N1CCC(CCO)C1)OCCO2. The highest BCUT2D eigenvalue weighted by molar-refractivity contribution is 5.73. The standard InChI is InChI=1S/C14H20N2O3/c15-11-7-13-14(19-6-5-18-13)8-12(11)16-3-1-10(9-16)2-4-17/h7-8,10,17H,1-6,9,15H2. The Labute approximate surface area is 112 Å². The van der Waals surface area contributed by atoms with E-state index in [1.54, 1.807) is 0 Å². The molecule has 104 valence electrons. The van der Waals surface area contributed by atoms with Crippen LogP contribution in [0.15, 0.2) is 12.1 Å². The molecule has 2 aliphatic rings. The summed E-state index contributed by atoms with van der Waals surface area (Å²) in [5.41, 5.74) is 7.87. The molecule has 0 saturated carbocycles. The van der Waals surface area contributed by atoms with Gasteiger partial charge in [-0.1, -0.05) is 0 Å². The number of ether oxygens (including phenoxy) is 2. The van der Waals surface area contributed by atoms with E-state index in [9.17, 15) is 0 Å². The molecule has 2 aliphatic heterocycles. The third kappa shape index (κ3) is 2.42. The lowest BCUT2D eigenvalue weighted by atomic mass is 10.1. The molecule has 1 aromatic rings. The smallest absolute Gasteiger partial charge is 0.163 e. The van der Waals surface area contributed by atoms with E-state index in [1.807, 2.05) is 12.1 Å². The average molecular weight is 264 g/mol. The Balaban J connectivity index is 1.81. The summed E-state index contributed by atoms with van der Waals surface area (Å²) in [5.74, 6) is 2.07. The van der Waals surface area contributed by atoms with Gasteiger partial charge in [0.2, 0.25) is 0 Å². The maximum absolute atomic E-state index is 9.02. The van der Waals surface area contributed by atoms with E-state index >= 15 is 0 Å². The van der Waals surface area contributed by atoms with Crippen LogP contribution in [0, 0.1) is 5.92 Å². The Morgan fingerprint density at radius 3 is 2.74 bits per heavy atom. The molecule has 1 fully saturated rings. The predicted molar refractivity (Wildman–Crippen MR) is 73.9 cm³/mol. The van der Waals surface area contributed by atoms with Crippen molar-refractivity contribution >= 4 is 11.4 Å². The van der Waals surface area contributed by atoms with Gasteiger partial charge in [-0.25, -0.2) is 0 Å². The summed E-state index contributed by atoms with van der Waals surface area (Å²) in [6.45, 7) is 3.35. The zero-order chi connectivity index (χ0) is 13.2. The number of nitrogens with two attached hydrogens (primary N) is 1. The molecule has 3 N–H and O–H groups in total. The van der Waals surface area contributed by atoms with Crippen LogP contribution in [-0.2, 0) is 0 Å². The van der Waals surface area contributed by atoms with Crippen molar-refractivity contribution in [1.82, 2.24) is 0 Å². The molecule has 0 aliphatic carbocycles. The van der Waals surface area contributed by atoms with Gasteiger partial charge in [-0.15, -0.1) is 0 Å². The van der Waals surface area contributed by atoms with Crippen molar-refractivity contribution in [1.29, 1.82) is 0 Å². The first kappa shape index (κ1) is 12.4. The maximum Gasteiger partial charge on any atom is 0.163 e. The molecule has 0 amide bonds. The summed E-state index contributed by atoms with van der Waals surface area (Å²) in [5, 5.41) is 9.02. The zero-order valence-electron chi connectivity index (χ0n) is 11.0. The normalized spacial score (nSPS) is 21.7. The van der Waals surface area contributed by atoms with E-state index < -0.39 is 0 Å². The van der Waals surface area contributed by atoms with Gasteiger partial charge in [-0.3, -0.25) is 0 Å². The highest BCUT2D eigenvalue weighted by atomic mass is 16.6. The van der Waals surface area contributed by atoms with Crippen LogP contribution < -0.4 is 20.1 Å². The van der Waals surface area contributed by atoms with E-state index in [2.05, 4.69) is 4.90 Å². The fourth-order valence-electron chi connectivity index (χ4n) is 2.84. The van der Waals surface area contributed by atoms with E-state index in [4.69, 9.17) is 20.3 Å². The molecule has 0 aromatic heterocycles. The third-order valence-electron chi connectivity index (χ3n) is 3.86. The molecule has 2 heterocycles. The van der Waals surface area contributed by atoms with Crippen LogP contribution in [0.25, 0.3) is 0 Å². The lowest BCUT2D eigenvalue weighted by molar-refractivity contribution is 0.172. The molecule has 1 aromatic carbocycles. The molecule has 0 spiro atoms. The number of hydrogen-bond donors (Lipinski definition) is 2. The van der Waals surface area contributed by atoms with Crippen LogP contribution >= 0.6 is 0 Å². The van der Waals surface area contributed by atoms with Crippen LogP contribution in [0.2, 0.25) is 0 Å². The number of nitrogens with zero attached hydrogens (tertiary/aromatic N) is 1. The van der Waals surface area contributed by atoms with Gasteiger partial charge in [0.25, 0.3) is 0 Å². The summed E-state index contributed by atoms with van der Waals surface area (Å²) >= 11 is 0. The molecule has 1 unspecified atom stereocenters. The first-order chi connectivity index (χ1) is 9.28. The second-order valence-corrected chi connectivity index (χ2v) is 5.17. The van der Waals surface area contributed by atoms with Crippen molar-refractivity contribution < 1.29 is 14.6 Å². The summed E-state index contributed by atoms with van der Waals surface area (Å²) in [7, 11) is 0. The summed E-state index contributed by atoms with van der Waals surface area (Å²) < 4.78 is 11.1. The zero-order valence-corrected chi connectivity index (χ0v) is 11.0. The number of benzene rings is 1. The molecule has 5 nitrogen and oxygen atoms in total. The molecule has 5 heteroatoms. The van der Waals surface area contributed by atoms with Crippen LogP contribution in [0.1, 0.15) is 12.8 Å². The average Bonchev–Trinajstić information content (AvgIpc) is 2.87. The van der Waals surface area contributed by atoms with Gasteiger partial charge in [-0.2, -0.15) is 0 Å². The second-order valence-electron chi connectivity index (χ2n) is 5.17. The highest BCUT2D eigenvalue weighted by Crippen LogP contribution is 2.40. The minimum atomic E-state index is 0.259. The maximum atomic E-state index is 9.02. The van der Waals surface area contributed by atoms with Crippen molar-refractivity contribution in [3.8, 4) is 11.5 Å². The van der Waals surface area contributed by atoms with Crippen molar-refractivity contribution in [3.05, 3.63) is 12.1 Å². The number of aliphatic hydroxyl groups is 1. The number of hydrogen-bond acceptors (Lipinski definition) is 5. The summed E-state index contributed by atoms with van der Waals surface area (Å²) in [6, 6.07) is 3.83. The number of fused-ring (bicyclic) bond motifs is 1. The van der Waals surface area contributed by atoms with Crippen LogP contribution in [0.5, 0.6) is 11.5 Å². The third-order valence-corrected chi connectivity index (χ3v) is 3.86. The molecule has 19 heavy (non-hydrogen) atoms. The number of nitrogen functional groups attached to an aromatic ring is 1. The van der Waals surface area contributed by atoms with Crippen molar-refractivity contribution in [2.45, 2.75) is 12.8 Å². The number of aliphatic hydroxyl groups excluding tert-OH is 1. The van der Waals surface area contributed by atoms with Gasteiger partial charge in [0, 0.05) is 31.8 Å². The van der Waals surface area contributed by atoms with Gasteiger partial charge in [0.1, 0.15) is 13.2 Å². The van der Waals surface area contributed by atoms with E-state index in [0.29, 0.717) is 19.1 Å². The number of anilines is 2. The fraction of sp³-hybridized carbons (Fsp3) is 0.571. The van der Waals surface area contributed by atoms with Gasteiger partial charge < -0.3 is 25.2 Å². The first-order valence-electron chi connectivity index (χ1n) is 6.83. The lowest BCUT2D eigenvalue weighted by Crippen LogP contribution is -2.22. The van der Waals surface area contributed by atoms with Gasteiger partial charge in [-0.05, 0) is 18.8 Å². The van der Waals surface area contributed by atoms with E-state index in [0.717, 1.165) is 48.8 Å². The van der Waals surface area contributed by atoms with Crippen LogP contribution in [0.3, 0.4) is 0 Å². The van der Waals surface area contributed by atoms with Crippen LogP contribution in [-0.4, -0.2) is 38.0 Å². The molecule has 0 bridgehead atoms. The van der Waals surface area contributed by atoms with E-state index in [1.165, 1.54) is 0 Å². The van der Waals surface area contributed by atoms with Gasteiger partial charge in [0.15, 0.2) is 11.5 Å². The Hall–Kier alpha value is -1.62. The predicted octanol–water partition coefficient (Wildman–Crippen LogP) is 1.25. The molecule has 0 radical (unpaired) electrons. The van der Waals surface area contributed by atoms with E-state index in [-0.39, 0.29) is 6.61 Å². The minimum absolute atomic E-state index is 0.259. The second kappa shape index (κ2) is 5.17. The number of rotatable bonds is 3. The van der Waals surface area contributed by atoms with Crippen molar-refractivity contribution in [2.75, 3.05) is 43.5 Å². The van der Waals surface area contributed by atoms with Gasteiger partial charge >= 0.3 is 0 Å². The largest absolute Gasteiger partial charge is 0.486 e. The lowest BCUT2D eigenvalue weighted by Gasteiger charge is -2.25. The van der Waals surface area contributed by atoms with Gasteiger partial charge in [0.05, 0.1) is 11.4 Å². The quantitative estimate of drug-likeness (QED) is 0.804. The molecular formula is C14H20N2O3. The van der Waals surface area contributed by atoms with Crippen molar-refractivity contribution in [3.63, 3.8) is 0 Å². The van der Waals surface area contributed by atoms with Crippen LogP contribution in [0.4, 0.5) is 11.4 Å². The summed E-state index contributed by atoms with van der Waals surface area (Å²) in [4.78, 5) is 2.27. The topological polar surface area (TPSA) is 68.0 Å². The summed E-state index contributed by atoms with van der Waals surface area (Å²) in [6.07, 6.45) is 1.97. The fourth-order valence-corrected chi connectivity index (χ4v) is 2.84.